The van der Waals surface area contributed by atoms with Gasteiger partial charge < -0.3 is 29.3 Å². The van der Waals surface area contributed by atoms with Crippen LogP contribution >= 0.6 is 0 Å². The minimum atomic E-state index is -0.653. The summed E-state index contributed by atoms with van der Waals surface area (Å²) in [5, 5.41) is 12.7. The number of aryl methyl sites for hydroxylation is 1. The summed E-state index contributed by atoms with van der Waals surface area (Å²) in [6.45, 7) is 6.28. The van der Waals surface area contributed by atoms with E-state index in [2.05, 4.69) is 44.3 Å². The van der Waals surface area contributed by atoms with Gasteiger partial charge in [-0.3, -0.25) is 24.6 Å². The summed E-state index contributed by atoms with van der Waals surface area (Å²) in [7, 11) is 1.68. The number of carbonyl (C=O) groups is 3. The van der Waals surface area contributed by atoms with Gasteiger partial charge in [0.2, 0.25) is 11.8 Å². The number of benzene rings is 4. The molecule has 0 aromatic heterocycles. The van der Waals surface area contributed by atoms with Gasteiger partial charge in [-0.2, -0.15) is 0 Å². The molecule has 4 atom stereocenters. The van der Waals surface area contributed by atoms with Gasteiger partial charge in [-0.05, 0) is 91.0 Å². The number of aromatic hydroxyl groups is 1. The highest BCUT2D eigenvalue weighted by atomic mass is 19.1. The van der Waals surface area contributed by atoms with E-state index in [1.807, 2.05) is 36.4 Å². The number of anilines is 2. The van der Waals surface area contributed by atoms with Crippen molar-refractivity contribution in [2.75, 3.05) is 62.8 Å². The number of phenols is 1. The number of nitrogens with one attached hydrogen (secondary N) is 1. The minimum Gasteiger partial charge on any atom is -0.508 e. The van der Waals surface area contributed by atoms with Crippen molar-refractivity contribution >= 4 is 29.1 Å². The van der Waals surface area contributed by atoms with Gasteiger partial charge in [0.25, 0.3) is 5.91 Å². The molecule has 4 fully saturated rings. The van der Waals surface area contributed by atoms with Gasteiger partial charge in [0.05, 0.1) is 31.1 Å². The van der Waals surface area contributed by atoms with E-state index >= 15 is 4.39 Å². The van der Waals surface area contributed by atoms with Gasteiger partial charge in [0.15, 0.2) is 0 Å². The van der Waals surface area contributed by atoms with Crippen molar-refractivity contribution in [1.82, 2.24) is 15.1 Å². The van der Waals surface area contributed by atoms with E-state index in [1.54, 1.807) is 24.1 Å². The van der Waals surface area contributed by atoms with Crippen molar-refractivity contribution in [3.05, 3.63) is 112 Å². The Hall–Kier alpha value is -5.62. The van der Waals surface area contributed by atoms with Crippen molar-refractivity contribution in [3.63, 3.8) is 0 Å². The SMILES string of the molecule is COc1cc(N2CC3(CC(CN4CCN5c6ccc7c(c6OC[C@H]5C4)CN([C@H]4CCC(=O)NC4=O)C7=O)C3)C2)c(F)cc1[C@@H]1c2ccc(O)cc2CC[C@@H]1c1ccccc1. The molecule has 4 aromatic rings. The molecule has 3 saturated heterocycles. The number of amides is 3. The second-order valence-electron chi connectivity index (χ2n) is 18.4. The first-order valence-electron chi connectivity index (χ1n) is 21.6. The Labute approximate surface area is 349 Å². The van der Waals surface area contributed by atoms with E-state index in [-0.39, 0.29) is 53.1 Å². The van der Waals surface area contributed by atoms with Crippen LogP contribution in [0.1, 0.15) is 82.1 Å². The standard InChI is InChI=1S/C48H50FN5O6/c1-59-42-19-41(38(49)18-36(42)44-33(29-5-3-2-4-6-29)9-7-30-17-32(55)8-10-34(30)44)52-26-48(27-52)20-28(21-48)22-51-15-16-53-31(23-51)25-60-45-37-24-54(40-13-14-43(56)50-46(40)57)47(58)35(37)11-12-39(45)53/h2-6,8,10-12,17-19,28,31,33,40,44,55H,7,9,13-16,20-27H2,1H3,(H,50,56,57)/t31-,33-,40+,44+/m1/s1. The van der Waals surface area contributed by atoms with Gasteiger partial charge in [-0.1, -0.05) is 36.4 Å². The van der Waals surface area contributed by atoms with Crippen molar-refractivity contribution in [3.8, 4) is 17.2 Å². The number of carbonyl (C=O) groups excluding carboxylic acids is 3. The fourth-order valence-corrected chi connectivity index (χ4v) is 12.0. The number of halogens is 1. The third-order valence-electron chi connectivity index (χ3n) is 14.7. The van der Waals surface area contributed by atoms with Crippen LogP contribution in [-0.2, 0) is 22.6 Å². The van der Waals surface area contributed by atoms with Crippen LogP contribution in [0.15, 0.2) is 72.8 Å². The van der Waals surface area contributed by atoms with Crippen LogP contribution in [0.4, 0.5) is 15.8 Å². The molecular formula is C48H50FN5O6. The number of imide groups is 1. The average molecular weight is 812 g/mol. The van der Waals surface area contributed by atoms with Crippen LogP contribution in [0.5, 0.6) is 17.2 Å². The molecule has 11 nitrogen and oxygen atoms in total. The number of piperidine rings is 1. The highest BCUT2D eigenvalue weighted by Crippen LogP contribution is 2.55. The van der Waals surface area contributed by atoms with Crippen LogP contribution in [0.25, 0.3) is 0 Å². The number of hydrogen-bond donors (Lipinski definition) is 2. The monoisotopic (exact) mass is 811 g/mol. The van der Waals surface area contributed by atoms with Gasteiger partial charge in [0, 0.05) is 79.8 Å². The largest absolute Gasteiger partial charge is 0.508 e. The summed E-state index contributed by atoms with van der Waals surface area (Å²) in [5.74, 6) is 1.24. The number of piperazine rings is 1. The summed E-state index contributed by atoms with van der Waals surface area (Å²) in [6, 6.07) is 23.1. The Morgan fingerprint density at radius 3 is 2.55 bits per heavy atom. The Bertz CT molecular complexity index is 2410. The van der Waals surface area contributed by atoms with E-state index in [9.17, 15) is 19.5 Å². The molecule has 0 unspecified atom stereocenters. The van der Waals surface area contributed by atoms with E-state index in [4.69, 9.17) is 9.47 Å². The normalized spacial score (nSPS) is 25.7. The summed E-state index contributed by atoms with van der Waals surface area (Å²) >= 11 is 0. The molecule has 5 aliphatic heterocycles. The topological polar surface area (TPSA) is 115 Å². The summed E-state index contributed by atoms with van der Waals surface area (Å²) < 4.78 is 28.8. The van der Waals surface area contributed by atoms with Gasteiger partial charge >= 0.3 is 0 Å². The number of fused-ring (bicyclic) bond motifs is 6. The van der Waals surface area contributed by atoms with Gasteiger partial charge in [-0.15, -0.1) is 0 Å². The lowest BCUT2D eigenvalue weighted by molar-refractivity contribution is -0.136. The first kappa shape index (κ1) is 37.4. The van der Waals surface area contributed by atoms with E-state index in [0.29, 0.717) is 42.5 Å². The second-order valence-corrected chi connectivity index (χ2v) is 18.4. The molecule has 2 aliphatic carbocycles. The number of hydrogen-bond acceptors (Lipinski definition) is 9. The molecule has 4 aromatic carbocycles. The summed E-state index contributed by atoms with van der Waals surface area (Å²) in [4.78, 5) is 46.5. The molecular weight excluding hydrogens is 762 g/mol. The maximum absolute atomic E-state index is 16.4. The maximum atomic E-state index is 16.4. The first-order chi connectivity index (χ1) is 29.1. The molecule has 7 aliphatic rings. The maximum Gasteiger partial charge on any atom is 0.255 e. The zero-order valence-electron chi connectivity index (χ0n) is 33.9. The zero-order valence-corrected chi connectivity index (χ0v) is 33.9. The van der Waals surface area contributed by atoms with E-state index < -0.39 is 11.9 Å². The smallest absolute Gasteiger partial charge is 0.255 e. The molecule has 60 heavy (non-hydrogen) atoms. The molecule has 0 radical (unpaired) electrons. The van der Waals surface area contributed by atoms with Crippen LogP contribution < -0.4 is 24.6 Å². The average Bonchev–Trinajstić information content (AvgIpc) is 3.56. The highest BCUT2D eigenvalue weighted by molar-refractivity contribution is 6.06. The van der Waals surface area contributed by atoms with Crippen LogP contribution in [0.2, 0.25) is 0 Å². The van der Waals surface area contributed by atoms with Gasteiger partial charge in [-0.25, -0.2) is 4.39 Å². The molecule has 12 heteroatoms. The first-order valence-corrected chi connectivity index (χ1v) is 21.6. The molecule has 5 heterocycles. The lowest BCUT2D eigenvalue weighted by atomic mass is 9.57. The molecule has 1 saturated carbocycles. The highest BCUT2D eigenvalue weighted by Gasteiger charge is 2.53. The van der Waals surface area contributed by atoms with Crippen LogP contribution in [-0.4, -0.2) is 97.7 Å². The molecule has 310 valence electrons. The second kappa shape index (κ2) is 14.2. The summed E-state index contributed by atoms with van der Waals surface area (Å²) in [6.07, 6.45) is 4.58. The molecule has 1 spiro atoms. The minimum absolute atomic E-state index is 0.105. The number of rotatable bonds is 7. The molecule has 3 amide bonds. The Kier molecular flexibility index (Phi) is 8.88. The third-order valence-corrected chi connectivity index (χ3v) is 14.7. The number of phenolic OH excluding ortho intramolecular Hbond substituents is 1. The molecule has 0 bridgehead atoms. The number of ether oxygens (including phenoxy) is 2. The van der Waals surface area contributed by atoms with Crippen LogP contribution in [0.3, 0.4) is 0 Å². The molecule has 2 N–H and O–H groups in total. The van der Waals surface area contributed by atoms with Crippen molar-refractivity contribution < 1.29 is 33.4 Å². The quantitative estimate of drug-likeness (QED) is 0.218. The predicted molar refractivity (Wildman–Crippen MR) is 223 cm³/mol. The fourth-order valence-electron chi connectivity index (χ4n) is 12.0. The Balaban J connectivity index is 0.725. The Morgan fingerprint density at radius 2 is 1.75 bits per heavy atom. The van der Waals surface area contributed by atoms with Crippen molar-refractivity contribution in [1.29, 1.82) is 0 Å². The third kappa shape index (κ3) is 6.11. The number of nitrogens with zero attached hydrogens (tertiary/aromatic N) is 4. The Morgan fingerprint density at radius 1 is 0.917 bits per heavy atom. The van der Waals surface area contributed by atoms with E-state index in [0.717, 1.165) is 98.6 Å². The zero-order chi connectivity index (χ0) is 40.9. The lowest BCUT2D eigenvalue weighted by Gasteiger charge is -2.61. The van der Waals surface area contributed by atoms with E-state index in [1.165, 1.54) is 5.56 Å². The predicted octanol–water partition coefficient (Wildman–Crippen LogP) is 5.96. The van der Waals surface area contributed by atoms with Gasteiger partial charge in [0.1, 0.15) is 35.7 Å². The molecule has 11 rings (SSSR count). The summed E-state index contributed by atoms with van der Waals surface area (Å²) in [5.41, 5.74) is 7.54. The number of methoxy groups -OCH3 is 1. The van der Waals surface area contributed by atoms with Crippen molar-refractivity contribution in [2.24, 2.45) is 11.3 Å². The van der Waals surface area contributed by atoms with Crippen LogP contribution in [0, 0.1) is 17.2 Å². The van der Waals surface area contributed by atoms with Crippen molar-refractivity contribution in [2.45, 2.75) is 69.0 Å². The fraction of sp³-hybridized carbons (Fsp3) is 0.438. The lowest BCUT2D eigenvalue weighted by Crippen LogP contribution is -2.64.